The van der Waals surface area contributed by atoms with Crippen LogP contribution >= 0.6 is 0 Å². The summed E-state index contributed by atoms with van der Waals surface area (Å²) in [5, 5.41) is 3.68. The van der Waals surface area contributed by atoms with Crippen LogP contribution in [0.25, 0.3) is 0 Å². The second-order valence-electron chi connectivity index (χ2n) is 7.42. The van der Waals surface area contributed by atoms with Crippen molar-refractivity contribution in [3.05, 3.63) is 0 Å². The summed E-state index contributed by atoms with van der Waals surface area (Å²) in [6.45, 7) is 15.1. The Morgan fingerprint density at radius 1 is 1.35 bits per heavy atom. The van der Waals surface area contributed by atoms with Crippen molar-refractivity contribution in [2.24, 2.45) is 5.92 Å². The first-order valence-corrected chi connectivity index (χ1v) is 7.88. The molecule has 0 aromatic heterocycles. The first-order valence-electron chi connectivity index (χ1n) is 7.88. The average molecular weight is 284 g/mol. The Morgan fingerprint density at radius 3 is 2.35 bits per heavy atom. The number of nitrogens with one attached hydrogen (secondary N) is 1. The predicted octanol–water partition coefficient (Wildman–Crippen LogP) is 3.41. The Balaban J connectivity index is 2.40. The van der Waals surface area contributed by atoms with Gasteiger partial charge in [-0.1, -0.05) is 20.3 Å². The molecule has 1 saturated heterocycles. The van der Waals surface area contributed by atoms with Gasteiger partial charge in [-0.25, -0.2) is 4.79 Å². The Bertz CT molecular complexity index is 315. The molecule has 4 nitrogen and oxygen atoms in total. The van der Waals surface area contributed by atoms with Crippen LogP contribution in [0.5, 0.6) is 0 Å². The highest BCUT2D eigenvalue weighted by atomic mass is 16.6. The van der Waals surface area contributed by atoms with Crippen molar-refractivity contribution in [2.45, 2.75) is 71.9 Å². The highest BCUT2D eigenvalue weighted by molar-refractivity contribution is 5.68. The molecule has 0 bridgehead atoms. The zero-order chi connectivity index (χ0) is 15.4. The van der Waals surface area contributed by atoms with Crippen LogP contribution < -0.4 is 5.32 Å². The number of piperidine rings is 1. The summed E-state index contributed by atoms with van der Waals surface area (Å²) in [5.74, 6) is 0.704. The number of rotatable bonds is 4. The highest BCUT2D eigenvalue weighted by Crippen LogP contribution is 2.23. The normalized spacial score (nSPS) is 20.6. The number of ether oxygens (including phenoxy) is 1. The second-order valence-corrected chi connectivity index (χ2v) is 7.42. The van der Waals surface area contributed by atoms with Gasteiger partial charge in [-0.05, 0) is 53.0 Å². The number of amides is 1. The molecule has 0 radical (unpaired) electrons. The lowest BCUT2D eigenvalue weighted by Crippen LogP contribution is -2.54. The third kappa shape index (κ3) is 5.70. The fourth-order valence-corrected chi connectivity index (χ4v) is 2.25. The molecular formula is C16H32N2O2. The minimum Gasteiger partial charge on any atom is -0.444 e. The molecule has 1 heterocycles. The summed E-state index contributed by atoms with van der Waals surface area (Å²) in [5.41, 5.74) is -0.255. The van der Waals surface area contributed by atoms with Crippen LogP contribution in [0.4, 0.5) is 4.79 Å². The molecule has 1 rings (SSSR count). The van der Waals surface area contributed by atoms with Gasteiger partial charge in [-0.15, -0.1) is 0 Å². The molecule has 1 atom stereocenters. The van der Waals surface area contributed by atoms with E-state index in [-0.39, 0.29) is 11.6 Å². The summed E-state index contributed by atoms with van der Waals surface area (Å²) in [7, 11) is 0. The van der Waals surface area contributed by atoms with E-state index in [2.05, 4.69) is 26.1 Å². The van der Waals surface area contributed by atoms with Crippen molar-refractivity contribution in [3.63, 3.8) is 0 Å². The number of carbonyl (C=O) groups excluding carboxylic acids is 1. The lowest BCUT2D eigenvalue weighted by Gasteiger charge is -2.41. The van der Waals surface area contributed by atoms with Gasteiger partial charge in [-0.3, -0.25) is 0 Å². The van der Waals surface area contributed by atoms with Gasteiger partial charge in [0.05, 0.1) is 0 Å². The summed E-state index contributed by atoms with van der Waals surface area (Å²) < 4.78 is 5.43. The van der Waals surface area contributed by atoms with E-state index in [0.29, 0.717) is 5.92 Å². The van der Waals surface area contributed by atoms with Crippen LogP contribution in [0, 0.1) is 5.92 Å². The van der Waals surface area contributed by atoms with Gasteiger partial charge in [0.15, 0.2) is 0 Å². The lowest BCUT2D eigenvalue weighted by atomic mass is 9.89. The first kappa shape index (κ1) is 17.3. The zero-order valence-corrected chi connectivity index (χ0v) is 14.1. The molecule has 4 heteroatoms. The summed E-state index contributed by atoms with van der Waals surface area (Å²) in [4.78, 5) is 13.9. The fourth-order valence-electron chi connectivity index (χ4n) is 2.25. The molecule has 0 aromatic carbocycles. The maximum Gasteiger partial charge on any atom is 0.410 e. The van der Waals surface area contributed by atoms with Crippen LogP contribution in [-0.4, -0.2) is 41.8 Å². The van der Waals surface area contributed by atoms with E-state index in [0.717, 1.165) is 32.5 Å². The van der Waals surface area contributed by atoms with E-state index in [4.69, 9.17) is 4.74 Å². The summed E-state index contributed by atoms with van der Waals surface area (Å²) in [6, 6.07) is 0. The predicted molar refractivity (Wildman–Crippen MR) is 82.9 cm³/mol. The Morgan fingerprint density at radius 2 is 1.90 bits per heavy atom. The monoisotopic (exact) mass is 284 g/mol. The van der Waals surface area contributed by atoms with Crippen LogP contribution in [-0.2, 0) is 4.74 Å². The van der Waals surface area contributed by atoms with Crippen molar-refractivity contribution >= 4 is 6.09 Å². The molecule has 1 unspecified atom stereocenters. The van der Waals surface area contributed by atoms with Crippen LogP contribution in [0.3, 0.4) is 0 Å². The summed E-state index contributed by atoms with van der Waals surface area (Å²) in [6.07, 6.45) is 3.00. The minimum atomic E-state index is -0.410. The van der Waals surface area contributed by atoms with Gasteiger partial charge in [0.25, 0.3) is 0 Å². The standard InChI is InChI=1S/C16H32N2O2/c1-7-13(2)12-17-16(6)8-10-18(11-9-16)14(19)20-15(3,4)5/h13,17H,7-12H2,1-6H3. The number of hydrogen-bond acceptors (Lipinski definition) is 3. The van der Waals surface area contributed by atoms with Crippen molar-refractivity contribution < 1.29 is 9.53 Å². The van der Waals surface area contributed by atoms with E-state index in [9.17, 15) is 4.79 Å². The quantitative estimate of drug-likeness (QED) is 0.860. The zero-order valence-electron chi connectivity index (χ0n) is 14.1. The Labute approximate surface area is 124 Å². The van der Waals surface area contributed by atoms with E-state index < -0.39 is 5.60 Å². The molecule has 0 spiro atoms. The molecule has 1 fully saturated rings. The molecule has 0 aromatic rings. The van der Waals surface area contributed by atoms with Crippen molar-refractivity contribution in [3.8, 4) is 0 Å². The van der Waals surface area contributed by atoms with E-state index in [1.807, 2.05) is 25.7 Å². The molecule has 1 amide bonds. The van der Waals surface area contributed by atoms with Gasteiger partial charge in [0, 0.05) is 18.6 Å². The minimum absolute atomic E-state index is 0.155. The number of likely N-dealkylation sites (tertiary alicyclic amines) is 1. The molecule has 1 aliphatic rings. The molecule has 1 aliphatic heterocycles. The third-order valence-electron chi connectivity index (χ3n) is 4.09. The van der Waals surface area contributed by atoms with Crippen LogP contribution in [0.2, 0.25) is 0 Å². The number of carbonyl (C=O) groups is 1. The van der Waals surface area contributed by atoms with Gasteiger partial charge in [0.1, 0.15) is 5.60 Å². The number of nitrogens with zero attached hydrogens (tertiary/aromatic N) is 1. The molecule has 1 N–H and O–H groups in total. The fraction of sp³-hybridized carbons (Fsp3) is 0.938. The lowest BCUT2D eigenvalue weighted by molar-refractivity contribution is 0.0156. The number of hydrogen-bond donors (Lipinski definition) is 1. The van der Waals surface area contributed by atoms with E-state index >= 15 is 0 Å². The van der Waals surface area contributed by atoms with Crippen molar-refractivity contribution in [1.82, 2.24) is 10.2 Å². The van der Waals surface area contributed by atoms with Gasteiger partial charge >= 0.3 is 6.09 Å². The maximum absolute atomic E-state index is 12.0. The topological polar surface area (TPSA) is 41.6 Å². The van der Waals surface area contributed by atoms with Crippen LogP contribution in [0.15, 0.2) is 0 Å². The molecule has 20 heavy (non-hydrogen) atoms. The second kappa shape index (κ2) is 6.79. The third-order valence-corrected chi connectivity index (χ3v) is 4.09. The highest BCUT2D eigenvalue weighted by Gasteiger charge is 2.33. The van der Waals surface area contributed by atoms with Crippen molar-refractivity contribution in [2.75, 3.05) is 19.6 Å². The van der Waals surface area contributed by atoms with E-state index in [1.54, 1.807) is 0 Å². The first-order chi connectivity index (χ1) is 9.15. The molecule has 0 aliphatic carbocycles. The van der Waals surface area contributed by atoms with Gasteiger partial charge in [0.2, 0.25) is 0 Å². The van der Waals surface area contributed by atoms with Gasteiger partial charge < -0.3 is 15.0 Å². The molecule has 0 saturated carbocycles. The maximum atomic E-state index is 12.0. The van der Waals surface area contributed by atoms with Gasteiger partial charge in [-0.2, -0.15) is 0 Å². The smallest absolute Gasteiger partial charge is 0.410 e. The van der Waals surface area contributed by atoms with E-state index in [1.165, 1.54) is 6.42 Å². The SMILES string of the molecule is CCC(C)CNC1(C)CCN(C(=O)OC(C)(C)C)CC1. The summed E-state index contributed by atoms with van der Waals surface area (Å²) >= 11 is 0. The average Bonchev–Trinajstić information content (AvgIpc) is 2.34. The Kier molecular flexibility index (Phi) is 5.87. The molecule has 118 valence electrons. The van der Waals surface area contributed by atoms with Crippen molar-refractivity contribution in [1.29, 1.82) is 0 Å². The Hall–Kier alpha value is -0.770. The largest absolute Gasteiger partial charge is 0.444 e. The van der Waals surface area contributed by atoms with Crippen LogP contribution in [0.1, 0.15) is 60.8 Å². The molecular weight excluding hydrogens is 252 g/mol.